The Hall–Kier alpha value is -1.99. The molecule has 29 heavy (non-hydrogen) atoms. The van der Waals surface area contributed by atoms with Crippen molar-refractivity contribution in [3.8, 4) is 0 Å². The number of hydrogen-bond acceptors (Lipinski definition) is 6. The molecule has 0 aliphatic carbocycles. The molecule has 8 heteroatoms. The standard InChI is InChI=1S/C21H24B2N2O4/c1-14-7-18(22-26-3-4-27-22)9-16-11-25-13-24(20(14)16)12-17-10-19(8-15(2)21(17)25)23-28-5-6-29-23/h7-10H,3-6,11-13H2,1-2H3. The van der Waals surface area contributed by atoms with Crippen LogP contribution in [0, 0.1) is 13.8 Å². The van der Waals surface area contributed by atoms with Crippen LogP contribution >= 0.6 is 0 Å². The summed E-state index contributed by atoms with van der Waals surface area (Å²) in [6.07, 6.45) is 0. The molecular formula is C21H24B2N2O4. The van der Waals surface area contributed by atoms with Gasteiger partial charge in [0.15, 0.2) is 0 Å². The minimum absolute atomic E-state index is 0.228. The minimum Gasteiger partial charge on any atom is -0.405 e. The van der Waals surface area contributed by atoms with Crippen LogP contribution in [0.3, 0.4) is 0 Å². The van der Waals surface area contributed by atoms with E-state index in [2.05, 4.69) is 47.9 Å². The van der Waals surface area contributed by atoms with Gasteiger partial charge in [-0.05, 0) is 47.0 Å². The van der Waals surface area contributed by atoms with E-state index in [-0.39, 0.29) is 14.2 Å². The van der Waals surface area contributed by atoms with Crippen LogP contribution in [0.2, 0.25) is 0 Å². The molecule has 0 saturated carbocycles. The second kappa shape index (κ2) is 6.77. The van der Waals surface area contributed by atoms with Gasteiger partial charge >= 0.3 is 14.2 Å². The molecule has 2 aromatic rings. The van der Waals surface area contributed by atoms with Crippen molar-refractivity contribution < 1.29 is 18.6 Å². The number of nitrogens with zero attached hydrogens (tertiary/aromatic N) is 2. The van der Waals surface area contributed by atoms with Gasteiger partial charge in [0.1, 0.15) is 0 Å². The molecule has 2 saturated heterocycles. The third-order valence-corrected chi connectivity index (χ3v) is 6.29. The Labute approximate surface area is 172 Å². The normalized spacial score (nSPS) is 20.3. The molecular weight excluding hydrogens is 366 g/mol. The van der Waals surface area contributed by atoms with Gasteiger partial charge < -0.3 is 28.4 Å². The van der Waals surface area contributed by atoms with Gasteiger partial charge in [0.25, 0.3) is 0 Å². The summed E-state index contributed by atoms with van der Waals surface area (Å²) in [5.41, 5.74) is 10.2. The van der Waals surface area contributed by atoms with Crippen LogP contribution in [0.15, 0.2) is 24.3 Å². The highest BCUT2D eigenvalue weighted by atomic mass is 16.6. The summed E-state index contributed by atoms with van der Waals surface area (Å²) in [4.78, 5) is 4.96. The van der Waals surface area contributed by atoms with Gasteiger partial charge in [-0.2, -0.15) is 0 Å². The molecule has 0 aromatic heterocycles. The van der Waals surface area contributed by atoms with Gasteiger partial charge in [-0.25, -0.2) is 0 Å². The van der Waals surface area contributed by atoms with E-state index >= 15 is 0 Å². The Morgan fingerprint density at radius 1 is 0.655 bits per heavy atom. The molecule has 2 fully saturated rings. The van der Waals surface area contributed by atoms with E-state index < -0.39 is 0 Å². The van der Waals surface area contributed by atoms with E-state index in [1.54, 1.807) is 0 Å². The van der Waals surface area contributed by atoms with Crippen molar-refractivity contribution in [2.75, 3.05) is 42.9 Å². The second-order valence-electron chi connectivity index (χ2n) is 8.38. The predicted molar refractivity (Wildman–Crippen MR) is 114 cm³/mol. The first-order chi connectivity index (χ1) is 14.2. The molecule has 0 atom stereocenters. The van der Waals surface area contributed by atoms with Crippen LogP contribution in [0.25, 0.3) is 0 Å². The third kappa shape index (κ3) is 2.89. The zero-order valence-corrected chi connectivity index (χ0v) is 16.9. The lowest BCUT2D eigenvalue weighted by atomic mass is 9.76. The van der Waals surface area contributed by atoms with Gasteiger partial charge in [0, 0.05) is 24.5 Å². The van der Waals surface area contributed by atoms with E-state index in [1.807, 2.05) is 0 Å². The Morgan fingerprint density at radius 3 is 1.48 bits per heavy atom. The van der Waals surface area contributed by atoms with Crippen molar-refractivity contribution in [3.05, 3.63) is 46.5 Å². The van der Waals surface area contributed by atoms with E-state index in [0.29, 0.717) is 26.4 Å². The number of anilines is 2. The molecule has 0 spiro atoms. The molecule has 0 radical (unpaired) electrons. The van der Waals surface area contributed by atoms with E-state index in [1.165, 1.54) is 33.6 Å². The van der Waals surface area contributed by atoms with Crippen molar-refractivity contribution in [1.29, 1.82) is 0 Å². The zero-order valence-electron chi connectivity index (χ0n) is 16.9. The third-order valence-electron chi connectivity index (χ3n) is 6.29. The van der Waals surface area contributed by atoms with Crippen LogP contribution in [0.4, 0.5) is 11.4 Å². The maximum atomic E-state index is 5.74. The topological polar surface area (TPSA) is 43.4 Å². The number of aryl methyl sites for hydroxylation is 2. The Bertz CT molecular complexity index is 896. The molecule has 6 nitrogen and oxygen atoms in total. The van der Waals surface area contributed by atoms with E-state index in [9.17, 15) is 0 Å². The van der Waals surface area contributed by atoms with Crippen molar-refractivity contribution in [2.24, 2.45) is 0 Å². The average molecular weight is 390 g/mol. The van der Waals surface area contributed by atoms with E-state index in [0.717, 1.165) is 30.7 Å². The Balaban J connectivity index is 1.38. The van der Waals surface area contributed by atoms with Crippen LogP contribution in [-0.4, -0.2) is 47.3 Å². The van der Waals surface area contributed by atoms with Crippen LogP contribution in [0.1, 0.15) is 22.3 Å². The summed E-state index contributed by atoms with van der Waals surface area (Å²) in [5, 5.41) is 0. The number of hydrogen-bond donors (Lipinski definition) is 0. The second-order valence-corrected chi connectivity index (χ2v) is 8.38. The number of rotatable bonds is 2. The van der Waals surface area contributed by atoms with Crippen LogP contribution in [0.5, 0.6) is 0 Å². The largest absolute Gasteiger partial charge is 0.494 e. The van der Waals surface area contributed by atoms with Gasteiger partial charge in [-0.3, -0.25) is 0 Å². The molecule has 0 unspecified atom stereocenters. The first kappa shape index (κ1) is 17.8. The molecule has 4 heterocycles. The van der Waals surface area contributed by atoms with Crippen LogP contribution < -0.4 is 20.7 Å². The molecule has 2 aromatic carbocycles. The fraction of sp³-hybridized carbons (Fsp3) is 0.429. The maximum absolute atomic E-state index is 5.74. The Morgan fingerprint density at radius 2 is 1.07 bits per heavy atom. The van der Waals surface area contributed by atoms with Crippen LogP contribution in [-0.2, 0) is 31.7 Å². The fourth-order valence-electron chi connectivity index (χ4n) is 5.30. The molecule has 4 aliphatic heterocycles. The lowest BCUT2D eigenvalue weighted by molar-refractivity contribution is 0.365. The maximum Gasteiger partial charge on any atom is 0.494 e. The van der Waals surface area contributed by atoms with Gasteiger partial charge in [0.2, 0.25) is 0 Å². The number of benzene rings is 2. The first-order valence-electron chi connectivity index (χ1n) is 10.4. The van der Waals surface area contributed by atoms with Crippen molar-refractivity contribution in [3.63, 3.8) is 0 Å². The van der Waals surface area contributed by atoms with E-state index in [4.69, 9.17) is 18.6 Å². The van der Waals surface area contributed by atoms with Crippen molar-refractivity contribution in [2.45, 2.75) is 26.9 Å². The number of fused-ring (bicyclic) bond motifs is 6. The zero-order chi connectivity index (χ0) is 19.5. The monoisotopic (exact) mass is 390 g/mol. The quantitative estimate of drug-likeness (QED) is 0.716. The minimum atomic E-state index is -0.228. The highest BCUT2D eigenvalue weighted by Crippen LogP contribution is 2.40. The van der Waals surface area contributed by atoms with Crippen molar-refractivity contribution >= 4 is 36.5 Å². The predicted octanol–water partition coefficient (Wildman–Crippen LogP) is 1.09. The highest BCUT2D eigenvalue weighted by molar-refractivity contribution is 6.62. The molecule has 6 rings (SSSR count). The average Bonchev–Trinajstić information content (AvgIpc) is 3.41. The summed E-state index contributed by atoms with van der Waals surface area (Å²) in [6.45, 7) is 9.80. The molecule has 148 valence electrons. The van der Waals surface area contributed by atoms with Gasteiger partial charge in [-0.15, -0.1) is 0 Å². The summed E-state index contributed by atoms with van der Waals surface area (Å²) in [7, 11) is -0.456. The SMILES string of the molecule is Cc1cc(B2OCCO2)cc2c1N1Cc3cc(B4OCCO4)cc(C)c3N(C2)C1. The summed E-state index contributed by atoms with van der Waals surface area (Å²) >= 11 is 0. The smallest absolute Gasteiger partial charge is 0.405 e. The first-order valence-corrected chi connectivity index (χ1v) is 10.4. The van der Waals surface area contributed by atoms with Gasteiger partial charge in [0.05, 0.1) is 33.1 Å². The van der Waals surface area contributed by atoms with Crippen molar-refractivity contribution in [1.82, 2.24) is 0 Å². The summed E-state index contributed by atoms with van der Waals surface area (Å²) in [6, 6.07) is 8.99. The lowest BCUT2D eigenvalue weighted by Gasteiger charge is -2.46. The van der Waals surface area contributed by atoms with Gasteiger partial charge in [-0.1, -0.05) is 24.3 Å². The Kier molecular flexibility index (Phi) is 4.17. The lowest BCUT2D eigenvalue weighted by Crippen LogP contribution is -2.48. The summed E-state index contributed by atoms with van der Waals surface area (Å²) < 4.78 is 23.0. The highest BCUT2D eigenvalue weighted by Gasteiger charge is 2.35. The molecule has 2 bridgehead atoms. The molecule has 0 amide bonds. The summed E-state index contributed by atoms with van der Waals surface area (Å²) in [5.74, 6) is 0. The molecule has 4 aliphatic rings. The molecule has 0 N–H and O–H groups in total. The fourth-order valence-corrected chi connectivity index (χ4v) is 5.30.